The van der Waals surface area contributed by atoms with Crippen LogP contribution in [-0.4, -0.2) is 40.3 Å². The lowest BCUT2D eigenvalue weighted by Crippen LogP contribution is -2.35. The summed E-state index contributed by atoms with van der Waals surface area (Å²) in [6.07, 6.45) is 3.61. The van der Waals surface area contributed by atoms with Gasteiger partial charge in [-0.15, -0.1) is 11.3 Å². The van der Waals surface area contributed by atoms with E-state index in [2.05, 4.69) is 15.3 Å². The van der Waals surface area contributed by atoms with Crippen LogP contribution < -0.4 is 5.32 Å². The van der Waals surface area contributed by atoms with Crippen molar-refractivity contribution in [2.75, 3.05) is 18.9 Å². The van der Waals surface area contributed by atoms with E-state index in [4.69, 9.17) is 0 Å². The predicted molar refractivity (Wildman–Crippen MR) is 106 cm³/mol. The number of nitrogens with one attached hydrogen (secondary N) is 1. The van der Waals surface area contributed by atoms with E-state index in [1.807, 2.05) is 48.7 Å². The summed E-state index contributed by atoms with van der Waals surface area (Å²) in [7, 11) is 1.62. The third-order valence-corrected chi connectivity index (χ3v) is 4.87. The normalized spacial score (nSPS) is 10.4. The van der Waals surface area contributed by atoms with Crippen molar-refractivity contribution in [1.29, 1.82) is 0 Å². The van der Waals surface area contributed by atoms with Crippen LogP contribution in [0.4, 0.5) is 5.69 Å². The Morgan fingerprint density at radius 1 is 1.19 bits per heavy atom. The number of pyridine rings is 1. The van der Waals surface area contributed by atoms with Crippen LogP contribution in [0.5, 0.6) is 0 Å². The highest BCUT2D eigenvalue weighted by atomic mass is 32.1. The molecule has 0 saturated heterocycles. The standard InChI is InChI=1S/C20H20N4O2S/c1-14-5-7-16(8-6-14)22-18(25)12-24(2)19(26)10-17-13-27-20(23-17)15-4-3-9-21-11-15/h3-9,11,13H,10,12H2,1-2H3,(H,22,25). The number of aromatic nitrogens is 2. The van der Waals surface area contributed by atoms with E-state index >= 15 is 0 Å². The van der Waals surface area contributed by atoms with Gasteiger partial charge in [0.15, 0.2) is 0 Å². The average Bonchev–Trinajstić information content (AvgIpc) is 3.12. The second-order valence-electron chi connectivity index (χ2n) is 6.23. The minimum atomic E-state index is -0.232. The van der Waals surface area contributed by atoms with Gasteiger partial charge in [0.2, 0.25) is 11.8 Å². The minimum absolute atomic E-state index is 0.00763. The number of thiazole rings is 1. The summed E-state index contributed by atoms with van der Waals surface area (Å²) >= 11 is 1.47. The fourth-order valence-corrected chi connectivity index (χ4v) is 3.25. The van der Waals surface area contributed by atoms with Crippen molar-refractivity contribution in [3.8, 4) is 10.6 Å². The van der Waals surface area contributed by atoms with Crippen LogP contribution in [0, 0.1) is 6.92 Å². The van der Waals surface area contributed by atoms with Crippen molar-refractivity contribution in [3.63, 3.8) is 0 Å². The lowest BCUT2D eigenvalue weighted by Gasteiger charge is -2.16. The summed E-state index contributed by atoms with van der Waals surface area (Å²) < 4.78 is 0. The Morgan fingerprint density at radius 2 is 1.96 bits per heavy atom. The lowest BCUT2D eigenvalue weighted by molar-refractivity contribution is -0.132. The van der Waals surface area contributed by atoms with Gasteiger partial charge in [0.1, 0.15) is 5.01 Å². The monoisotopic (exact) mass is 380 g/mol. The predicted octanol–water partition coefficient (Wildman–Crippen LogP) is 3.15. The maximum atomic E-state index is 12.4. The minimum Gasteiger partial charge on any atom is -0.336 e. The Kier molecular flexibility index (Phi) is 5.93. The van der Waals surface area contributed by atoms with Crippen molar-refractivity contribution >= 4 is 28.8 Å². The maximum absolute atomic E-state index is 12.4. The largest absolute Gasteiger partial charge is 0.336 e. The first-order valence-electron chi connectivity index (χ1n) is 8.46. The van der Waals surface area contributed by atoms with Crippen LogP contribution in [0.15, 0.2) is 54.2 Å². The molecule has 138 valence electrons. The molecule has 0 aliphatic carbocycles. The first-order chi connectivity index (χ1) is 13.0. The van der Waals surface area contributed by atoms with Gasteiger partial charge in [-0.1, -0.05) is 17.7 Å². The second kappa shape index (κ2) is 8.55. The summed E-state index contributed by atoms with van der Waals surface area (Å²) in [4.78, 5) is 34.5. The van der Waals surface area contributed by atoms with Gasteiger partial charge in [0.25, 0.3) is 0 Å². The number of aryl methyl sites for hydroxylation is 1. The molecule has 0 saturated carbocycles. The summed E-state index contributed by atoms with van der Waals surface area (Å²) in [5, 5.41) is 5.48. The number of amides is 2. The van der Waals surface area contributed by atoms with Gasteiger partial charge in [-0.3, -0.25) is 14.6 Å². The van der Waals surface area contributed by atoms with Crippen LogP contribution in [0.2, 0.25) is 0 Å². The Bertz CT molecular complexity index is 923. The average molecular weight is 380 g/mol. The number of rotatable bonds is 6. The van der Waals surface area contributed by atoms with Crippen molar-refractivity contribution < 1.29 is 9.59 Å². The highest BCUT2D eigenvalue weighted by molar-refractivity contribution is 7.13. The molecule has 0 fully saturated rings. The van der Waals surface area contributed by atoms with Gasteiger partial charge in [-0.05, 0) is 31.2 Å². The first kappa shape index (κ1) is 18.7. The summed E-state index contributed by atoms with van der Waals surface area (Å²) in [5.41, 5.74) is 3.45. The van der Waals surface area contributed by atoms with E-state index in [-0.39, 0.29) is 24.8 Å². The molecular weight excluding hydrogens is 360 g/mol. The zero-order valence-electron chi connectivity index (χ0n) is 15.2. The summed E-state index contributed by atoms with van der Waals surface area (Å²) in [6, 6.07) is 11.3. The van der Waals surface area contributed by atoms with E-state index < -0.39 is 0 Å². The van der Waals surface area contributed by atoms with Crippen LogP contribution in [0.25, 0.3) is 10.6 Å². The molecule has 3 aromatic rings. The van der Waals surface area contributed by atoms with Crippen LogP contribution >= 0.6 is 11.3 Å². The fraction of sp³-hybridized carbons (Fsp3) is 0.200. The highest BCUT2D eigenvalue weighted by Crippen LogP contribution is 2.23. The Hall–Kier alpha value is -3.06. The molecule has 0 unspecified atom stereocenters. The van der Waals surface area contributed by atoms with E-state index in [1.54, 1.807) is 19.4 Å². The van der Waals surface area contributed by atoms with Gasteiger partial charge in [0, 0.05) is 36.1 Å². The van der Waals surface area contributed by atoms with Gasteiger partial charge >= 0.3 is 0 Å². The topological polar surface area (TPSA) is 75.2 Å². The van der Waals surface area contributed by atoms with Crippen molar-refractivity contribution in [2.45, 2.75) is 13.3 Å². The van der Waals surface area contributed by atoms with Crippen molar-refractivity contribution in [3.05, 3.63) is 65.4 Å². The molecule has 0 radical (unpaired) electrons. The molecule has 3 rings (SSSR count). The molecule has 1 aromatic carbocycles. The van der Waals surface area contributed by atoms with Crippen molar-refractivity contribution in [1.82, 2.24) is 14.9 Å². The molecule has 0 atom stereocenters. The van der Waals surface area contributed by atoms with Crippen LogP contribution in [0.1, 0.15) is 11.3 Å². The number of carbonyl (C=O) groups excluding carboxylic acids is 2. The van der Waals surface area contributed by atoms with E-state index in [0.29, 0.717) is 11.4 Å². The van der Waals surface area contributed by atoms with Gasteiger partial charge < -0.3 is 10.2 Å². The molecule has 27 heavy (non-hydrogen) atoms. The molecule has 7 heteroatoms. The number of likely N-dealkylation sites (N-methyl/N-ethyl adjacent to an activating group) is 1. The highest BCUT2D eigenvalue weighted by Gasteiger charge is 2.15. The second-order valence-corrected chi connectivity index (χ2v) is 7.08. The molecule has 0 bridgehead atoms. The fourth-order valence-electron chi connectivity index (χ4n) is 2.44. The zero-order valence-corrected chi connectivity index (χ0v) is 16.0. The molecule has 6 nitrogen and oxygen atoms in total. The third kappa shape index (κ3) is 5.21. The molecule has 1 N–H and O–H groups in total. The first-order valence-corrected chi connectivity index (χ1v) is 9.34. The van der Waals surface area contributed by atoms with Gasteiger partial charge in [-0.25, -0.2) is 4.98 Å². The molecule has 0 aliphatic heterocycles. The maximum Gasteiger partial charge on any atom is 0.243 e. The van der Waals surface area contributed by atoms with Gasteiger partial charge in [0.05, 0.1) is 18.7 Å². The molecule has 2 heterocycles. The number of hydrogen-bond acceptors (Lipinski definition) is 5. The zero-order chi connectivity index (χ0) is 19.2. The Labute approximate surface area is 161 Å². The molecule has 2 amide bonds. The smallest absolute Gasteiger partial charge is 0.243 e. The number of nitrogens with zero attached hydrogens (tertiary/aromatic N) is 3. The summed E-state index contributed by atoms with van der Waals surface area (Å²) in [5.74, 6) is -0.388. The summed E-state index contributed by atoms with van der Waals surface area (Å²) in [6.45, 7) is 1.97. The number of carbonyl (C=O) groups is 2. The number of anilines is 1. The molecule has 0 aliphatic rings. The van der Waals surface area contributed by atoms with E-state index in [1.165, 1.54) is 16.2 Å². The Morgan fingerprint density at radius 3 is 2.67 bits per heavy atom. The molecule has 0 spiro atoms. The van der Waals surface area contributed by atoms with Gasteiger partial charge in [-0.2, -0.15) is 0 Å². The number of benzene rings is 1. The van der Waals surface area contributed by atoms with Crippen LogP contribution in [-0.2, 0) is 16.0 Å². The SMILES string of the molecule is Cc1ccc(NC(=O)CN(C)C(=O)Cc2csc(-c3cccnc3)n2)cc1. The third-order valence-electron chi connectivity index (χ3n) is 3.93. The Balaban J connectivity index is 1.54. The van der Waals surface area contributed by atoms with E-state index in [9.17, 15) is 9.59 Å². The molecule has 2 aromatic heterocycles. The lowest BCUT2D eigenvalue weighted by atomic mass is 10.2. The van der Waals surface area contributed by atoms with Crippen molar-refractivity contribution in [2.24, 2.45) is 0 Å². The van der Waals surface area contributed by atoms with E-state index in [0.717, 1.165) is 16.1 Å². The molecular formula is C20H20N4O2S. The quantitative estimate of drug-likeness (QED) is 0.713. The van der Waals surface area contributed by atoms with Crippen LogP contribution in [0.3, 0.4) is 0 Å². The number of hydrogen-bond donors (Lipinski definition) is 1.